The van der Waals surface area contributed by atoms with Gasteiger partial charge in [-0.25, -0.2) is 4.39 Å². The van der Waals surface area contributed by atoms with Gasteiger partial charge in [-0.2, -0.15) is 0 Å². The number of benzene rings is 1. The zero-order valence-corrected chi connectivity index (χ0v) is 14.6. The second-order valence-corrected chi connectivity index (χ2v) is 7.04. The summed E-state index contributed by atoms with van der Waals surface area (Å²) in [6.07, 6.45) is 3.24. The van der Waals surface area contributed by atoms with E-state index in [9.17, 15) is 18.8 Å². The summed E-state index contributed by atoms with van der Waals surface area (Å²) in [5.41, 5.74) is 0. The van der Waals surface area contributed by atoms with Crippen LogP contribution in [0.3, 0.4) is 0 Å². The summed E-state index contributed by atoms with van der Waals surface area (Å²) >= 11 is 3.12. The predicted molar refractivity (Wildman–Crippen MR) is 86.5 cm³/mol. The van der Waals surface area contributed by atoms with E-state index < -0.39 is 11.8 Å². The lowest BCUT2D eigenvalue weighted by molar-refractivity contribution is -0.141. The highest BCUT2D eigenvalue weighted by Crippen LogP contribution is 2.38. The molecular formula is C17H17BrFNO4. The van der Waals surface area contributed by atoms with Crippen molar-refractivity contribution in [3.05, 3.63) is 28.5 Å². The van der Waals surface area contributed by atoms with Gasteiger partial charge >= 0.3 is 5.97 Å². The fraction of sp³-hybridized carbons (Fsp3) is 0.471. The van der Waals surface area contributed by atoms with Crippen LogP contribution in [0.25, 0.3) is 0 Å². The van der Waals surface area contributed by atoms with Gasteiger partial charge < -0.3 is 4.74 Å². The molecule has 1 aliphatic heterocycles. The van der Waals surface area contributed by atoms with Crippen LogP contribution in [0.4, 0.5) is 4.39 Å². The molecule has 5 nitrogen and oxygen atoms in total. The van der Waals surface area contributed by atoms with Crippen molar-refractivity contribution in [1.29, 1.82) is 0 Å². The molecule has 0 bridgehead atoms. The third-order valence-corrected chi connectivity index (χ3v) is 5.08. The smallest absolute Gasteiger partial charge is 0.313 e. The molecule has 2 amide bonds. The minimum atomic E-state index is -0.674. The van der Waals surface area contributed by atoms with Crippen LogP contribution in [0.15, 0.2) is 22.7 Å². The van der Waals surface area contributed by atoms with Gasteiger partial charge in [0.2, 0.25) is 11.8 Å². The van der Waals surface area contributed by atoms with Crippen molar-refractivity contribution in [3.63, 3.8) is 0 Å². The zero-order chi connectivity index (χ0) is 17.3. The Morgan fingerprint density at radius 2 is 1.83 bits per heavy atom. The molecule has 0 N–H and O–H groups in total. The van der Waals surface area contributed by atoms with Crippen LogP contribution in [0, 0.1) is 17.7 Å². The Morgan fingerprint density at radius 1 is 1.21 bits per heavy atom. The maximum Gasteiger partial charge on any atom is 0.313 e. The summed E-state index contributed by atoms with van der Waals surface area (Å²) in [7, 11) is 0. The van der Waals surface area contributed by atoms with Crippen molar-refractivity contribution in [2.24, 2.45) is 11.8 Å². The molecule has 24 heavy (non-hydrogen) atoms. The molecule has 0 aromatic heterocycles. The molecule has 1 saturated heterocycles. The first-order valence-electron chi connectivity index (χ1n) is 7.98. The normalized spacial score (nSPS) is 23.3. The molecule has 0 radical (unpaired) electrons. The number of fused-ring (bicyclic) bond motifs is 1. The number of rotatable bonds is 4. The standard InChI is InChI=1S/C17H17BrFNO4/c18-10-5-6-14(13(19)9-10)24-15(21)7-8-20-16(22)11-3-1-2-4-12(11)17(20)23/h5-6,9,11-12H,1-4,7-8H2/t11-,12-/m0/s1. The van der Waals surface area contributed by atoms with Crippen molar-refractivity contribution >= 4 is 33.7 Å². The largest absolute Gasteiger partial charge is 0.423 e. The van der Waals surface area contributed by atoms with Crippen LogP contribution in [0.2, 0.25) is 0 Å². The van der Waals surface area contributed by atoms with E-state index in [1.165, 1.54) is 17.0 Å². The molecule has 2 aliphatic rings. The first-order valence-corrected chi connectivity index (χ1v) is 8.77. The molecule has 2 fully saturated rings. The van der Waals surface area contributed by atoms with Crippen molar-refractivity contribution < 1.29 is 23.5 Å². The van der Waals surface area contributed by atoms with Gasteiger partial charge in [0.05, 0.1) is 18.3 Å². The van der Waals surface area contributed by atoms with E-state index in [2.05, 4.69) is 15.9 Å². The fourth-order valence-electron chi connectivity index (χ4n) is 3.39. The first-order chi connectivity index (χ1) is 11.5. The molecular weight excluding hydrogens is 381 g/mol. The van der Waals surface area contributed by atoms with Gasteiger partial charge in [0.15, 0.2) is 11.6 Å². The van der Waals surface area contributed by atoms with Crippen molar-refractivity contribution in [2.45, 2.75) is 32.1 Å². The van der Waals surface area contributed by atoms with E-state index in [1.54, 1.807) is 6.07 Å². The van der Waals surface area contributed by atoms with Crippen LogP contribution in [-0.4, -0.2) is 29.2 Å². The second kappa shape index (κ2) is 7.01. The third kappa shape index (κ3) is 3.36. The molecule has 1 aromatic rings. The van der Waals surface area contributed by atoms with E-state index >= 15 is 0 Å². The summed E-state index contributed by atoms with van der Waals surface area (Å²) < 4.78 is 19.2. The number of hydrogen-bond acceptors (Lipinski definition) is 4. The van der Waals surface area contributed by atoms with E-state index in [0.29, 0.717) is 4.47 Å². The molecule has 0 spiro atoms. The van der Waals surface area contributed by atoms with Gasteiger partial charge in [0, 0.05) is 11.0 Å². The second-order valence-electron chi connectivity index (χ2n) is 6.12. The number of esters is 1. The number of likely N-dealkylation sites (tertiary alicyclic amines) is 1. The van der Waals surface area contributed by atoms with E-state index in [0.717, 1.165) is 25.7 Å². The summed E-state index contributed by atoms with van der Waals surface area (Å²) in [6, 6.07) is 4.10. The van der Waals surface area contributed by atoms with Gasteiger partial charge in [-0.3, -0.25) is 19.3 Å². The van der Waals surface area contributed by atoms with E-state index in [4.69, 9.17) is 4.74 Å². The summed E-state index contributed by atoms with van der Waals surface area (Å²) in [4.78, 5) is 37.7. The lowest BCUT2D eigenvalue weighted by Gasteiger charge is -2.19. The van der Waals surface area contributed by atoms with Crippen LogP contribution in [0.1, 0.15) is 32.1 Å². The average Bonchev–Trinajstić information content (AvgIpc) is 2.80. The Kier molecular flexibility index (Phi) is 4.99. The monoisotopic (exact) mass is 397 g/mol. The first kappa shape index (κ1) is 17.1. The average molecular weight is 398 g/mol. The number of hydrogen-bond donors (Lipinski definition) is 0. The molecule has 1 aromatic carbocycles. The lowest BCUT2D eigenvalue weighted by atomic mass is 9.81. The minimum Gasteiger partial charge on any atom is -0.423 e. The molecule has 1 aliphatic carbocycles. The molecule has 1 saturated carbocycles. The molecule has 0 unspecified atom stereocenters. The lowest BCUT2D eigenvalue weighted by Crippen LogP contribution is -2.33. The maximum atomic E-state index is 13.7. The Balaban J connectivity index is 1.58. The maximum absolute atomic E-state index is 13.7. The molecule has 3 rings (SSSR count). The highest BCUT2D eigenvalue weighted by Gasteiger charge is 2.47. The number of amides is 2. The highest BCUT2D eigenvalue weighted by atomic mass is 79.9. The Hall–Kier alpha value is -1.76. The van der Waals surface area contributed by atoms with Gasteiger partial charge in [0.1, 0.15) is 0 Å². The molecule has 128 valence electrons. The number of ether oxygens (including phenoxy) is 1. The quantitative estimate of drug-likeness (QED) is 0.444. The summed E-state index contributed by atoms with van der Waals surface area (Å²) in [6.45, 7) is -0.0123. The number of carbonyl (C=O) groups is 3. The molecule has 7 heteroatoms. The van der Waals surface area contributed by atoms with E-state index in [1.807, 2.05) is 0 Å². The molecule has 2 atom stereocenters. The van der Waals surface area contributed by atoms with Gasteiger partial charge in [-0.1, -0.05) is 28.8 Å². The Morgan fingerprint density at radius 3 is 2.42 bits per heavy atom. The van der Waals surface area contributed by atoms with Crippen molar-refractivity contribution in [3.8, 4) is 5.75 Å². The number of nitrogens with zero attached hydrogens (tertiary/aromatic N) is 1. The van der Waals surface area contributed by atoms with Gasteiger partial charge in [-0.05, 0) is 31.0 Å². The summed E-state index contributed by atoms with van der Waals surface area (Å²) in [5.74, 6) is -2.34. The van der Waals surface area contributed by atoms with Crippen LogP contribution < -0.4 is 4.74 Å². The Labute approximate surface area is 147 Å². The Bertz CT molecular complexity index is 669. The number of halogens is 2. The summed E-state index contributed by atoms with van der Waals surface area (Å²) in [5, 5.41) is 0. The SMILES string of the molecule is O=C(CCN1C(=O)[C@H]2CCCC[C@@H]2C1=O)Oc1ccc(Br)cc1F. The van der Waals surface area contributed by atoms with Gasteiger partial charge in [-0.15, -0.1) is 0 Å². The van der Waals surface area contributed by atoms with E-state index in [-0.39, 0.29) is 42.4 Å². The third-order valence-electron chi connectivity index (χ3n) is 4.59. The predicted octanol–water partition coefficient (Wildman–Crippen LogP) is 3.06. The number of imide groups is 1. The topological polar surface area (TPSA) is 63.7 Å². The molecule has 1 heterocycles. The van der Waals surface area contributed by atoms with Gasteiger partial charge in [0.25, 0.3) is 0 Å². The van der Waals surface area contributed by atoms with Crippen LogP contribution >= 0.6 is 15.9 Å². The zero-order valence-electron chi connectivity index (χ0n) is 13.0. The number of carbonyl (C=O) groups excluding carboxylic acids is 3. The van der Waals surface area contributed by atoms with Crippen molar-refractivity contribution in [1.82, 2.24) is 4.90 Å². The van der Waals surface area contributed by atoms with Crippen molar-refractivity contribution in [2.75, 3.05) is 6.54 Å². The highest BCUT2D eigenvalue weighted by molar-refractivity contribution is 9.10. The minimum absolute atomic E-state index is 0.0123. The fourth-order valence-corrected chi connectivity index (χ4v) is 3.72. The van der Waals surface area contributed by atoms with Crippen LogP contribution in [0.5, 0.6) is 5.75 Å². The van der Waals surface area contributed by atoms with Crippen LogP contribution in [-0.2, 0) is 14.4 Å².